The molecule has 0 atom stereocenters. The molecule has 0 unspecified atom stereocenters. The minimum atomic E-state index is -0.562. The van der Waals surface area contributed by atoms with Crippen molar-refractivity contribution in [1.29, 1.82) is 0 Å². The van der Waals surface area contributed by atoms with Gasteiger partial charge in [-0.15, -0.1) is 0 Å². The smallest absolute Gasteiger partial charge is 0.134 e. The Balaban J connectivity index is 1.73. The lowest BCUT2D eigenvalue weighted by Gasteiger charge is -2.06. The molecule has 0 amide bonds. The zero-order valence-corrected chi connectivity index (χ0v) is 11.6. The highest BCUT2D eigenvalue weighted by molar-refractivity contribution is 5.82. The van der Waals surface area contributed by atoms with E-state index in [1.54, 1.807) is 0 Å². The first-order chi connectivity index (χ1) is 10.1. The van der Waals surface area contributed by atoms with Crippen LogP contribution in [0.2, 0.25) is 0 Å². The average Bonchev–Trinajstić information content (AvgIpc) is 2.77. The SMILES string of the molecule is Cc1oc2ccccc2c1CNCc1ccc(F)cc1F. The molecule has 21 heavy (non-hydrogen) atoms. The maximum atomic E-state index is 13.5. The Morgan fingerprint density at radius 2 is 1.86 bits per heavy atom. The van der Waals surface area contributed by atoms with Crippen molar-refractivity contribution in [2.45, 2.75) is 20.0 Å². The molecule has 1 heterocycles. The van der Waals surface area contributed by atoms with Gasteiger partial charge in [-0.3, -0.25) is 0 Å². The van der Waals surface area contributed by atoms with Gasteiger partial charge in [0.15, 0.2) is 0 Å². The van der Waals surface area contributed by atoms with Crippen LogP contribution in [0.3, 0.4) is 0 Å². The number of benzene rings is 2. The Hall–Kier alpha value is -2.20. The third kappa shape index (κ3) is 2.81. The van der Waals surface area contributed by atoms with E-state index in [1.807, 2.05) is 31.2 Å². The van der Waals surface area contributed by atoms with Crippen LogP contribution < -0.4 is 5.32 Å². The van der Waals surface area contributed by atoms with Gasteiger partial charge in [-0.25, -0.2) is 8.78 Å². The highest BCUT2D eigenvalue weighted by Gasteiger charge is 2.10. The lowest BCUT2D eigenvalue weighted by molar-refractivity contribution is 0.552. The summed E-state index contributed by atoms with van der Waals surface area (Å²) < 4.78 is 32.1. The number of halogens is 2. The predicted octanol–water partition coefficient (Wildman–Crippen LogP) is 4.31. The van der Waals surface area contributed by atoms with E-state index in [0.29, 0.717) is 18.7 Å². The van der Waals surface area contributed by atoms with Crippen LogP contribution >= 0.6 is 0 Å². The molecule has 108 valence electrons. The van der Waals surface area contributed by atoms with Crippen molar-refractivity contribution in [2.75, 3.05) is 0 Å². The van der Waals surface area contributed by atoms with Crippen LogP contribution in [0.1, 0.15) is 16.9 Å². The molecule has 4 heteroatoms. The summed E-state index contributed by atoms with van der Waals surface area (Å²) in [4.78, 5) is 0. The largest absolute Gasteiger partial charge is 0.461 e. The topological polar surface area (TPSA) is 25.2 Å². The van der Waals surface area contributed by atoms with E-state index < -0.39 is 11.6 Å². The van der Waals surface area contributed by atoms with Gasteiger partial charge in [-0.05, 0) is 19.1 Å². The maximum Gasteiger partial charge on any atom is 0.134 e. The Bertz CT molecular complexity index is 780. The zero-order chi connectivity index (χ0) is 14.8. The summed E-state index contributed by atoms with van der Waals surface area (Å²) in [6.45, 7) is 2.82. The third-order valence-corrected chi connectivity index (χ3v) is 3.53. The van der Waals surface area contributed by atoms with E-state index in [0.717, 1.165) is 28.4 Å². The molecule has 3 rings (SSSR count). The molecule has 1 aromatic heterocycles. The van der Waals surface area contributed by atoms with Gasteiger partial charge in [-0.2, -0.15) is 0 Å². The quantitative estimate of drug-likeness (QED) is 0.773. The number of hydrogen-bond acceptors (Lipinski definition) is 2. The molecular weight excluding hydrogens is 272 g/mol. The molecule has 2 aromatic carbocycles. The summed E-state index contributed by atoms with van der Waals surface area (Å²) in [7, 11) is 0. The summed E-state index contributed by atoms with van der Waals surface area (Å²) in [6.07, 6.45) is 0. The maximum absolute atomic E-state index is 13.5. The zero-order valence-electron chi connectivity index (χ0n) is 11.6. The molecule has 0 saturated heterocycles. The fourth-order valence-corrected chi connectivity index (χ4v) is 2.43. The number of rotatable bonds is 4. The standard InChI is InChI=1S/C17H15F2NO/c1-11-15(14-4-2-3-5-17(14)21-11)10-20-9-12-6-7-13(18)8-16(12)19/h2-8,20H,9-10H2,1H3. The monoisotopic (exact) mass is 287 g/mol. The van der Waals surface area contributed by atoms with Crippen LogP contribution in [0.4, 0.5) is 8.78 Å². The van der Waals surface area contributed by atoms with Crippen LogP contribution in [0, 0.1) is 18.6 Å². The molecule has 0 fully saturated rings. The van der Waals surface area contributed by atoms with Gasteiger partial charge in [0.25, 0.3) is 0 Å². The lowest BCUT2D eigenvalue weighted by Crippen LogP contribution is -2.14. The van der Waals surface area contributed by atoms with E-state index in [9.17, 15) is 8.78 Å². The first kappa shape index (κ1) is 13.8. The molecule has 1 N–H and O–H groups in total. The summed E-state index contributed by atoms with van der Waals surface area (Å²) in [6, 6.07) is 11.4. The van der Waals surface area contributed by atoms with Gasteiger partial charge in [0.2, 0.25) is 0 Å². The highest BCUT2D eigenvalue weighted by atomic mass is 19.1. The molecule has 0 spiro atoms. The number of aryl methyl sites for hydroxylation is 1. The summed E-state index contributed by atoms with van der Waals surface area (Å²) in [5.74, 6) is -0.243. The van der Waals surface area contributed by atoms with E-state index in [1.165, 1.54) is 12.1 Å². The van der Waals surface area contributed by atoms with Crippen LogP contribution in [0.5, 0.6) is 0 Å². The van der Waals surface area contributed by atoms with Crippen molar-refractivity contribution < 1.29 is 13.2 Å². The summed E-state index contributed by atoms with van der Waals surface area (Å²) in [5.41, 5.74) is 2.36. The lowest BCUT2D eigenvalue weighted by atomic mass is 10.1. The van der Waals surface area contributed by atoms with Gasteiger partial charge in [0, 0.05) is 35.7 Å². The van der Waals surface area contributed by atoms with Crippen molar-refractivity contribution >= 4 is 11.0 Å². The number of hydrogen-bond donors (Lipinski definition) is 1. The molecule has 0 aliphatic heterocycles. The van der Waals surface area contributed by atoms with Crippen LogP contribution in [-0.2, 0) is 13.1 Å². The van der Waals surface area contributed by atoms with Gasteiger partial charge in [0.1, 0.15) is 23.0 Å². The second-order valence-corrected chi connectivity index (χ2v) is 4.97. The van der Waals surface area contributed by atoms with Gasteiger partial charge >= 0.3 is 0 Å². The van der Waals surface area contributed by atoms with E-state index >= 15 is 0 Å². The summed E-state index contributed by atoms with van der Waals surface area (Å²) >= 11 is 0. The van der Waals surface area contributed by atoms with Gasteiger partial charge in [0.05, 0.1) is 0 Å². The van der Waals surface area contributed by atoms with Crippen molar-refractivity contribution in [2.24, 2.45) is 0 Å². The Labute approximate surface area is 121 Å². The molecule has 3 aromatic rings. The Morgan fingerprint density at radius 3 is 2.67 bits per heavy atom. The van der Waals surface area contributed by atoms with E-state index in [4.69, 9.17) is 4.42 Å². The molecule has 0 aliphatic rings. The van der Waals surface area contributed by atoms with Gasteiger partial charge < -0.3 is 9.73 Å². The molecule has 0 bridgehead atoms. The second kappa shape index (κ2) is 5.66. The van der Waals surface area contributed by atoms with Crippen LogP contribution in [0.25, 0.3) is 11.0 Å². The molecule has 2 nitrogen and oxygen atoms in total. The van der Waals surface area contributed by atoms with Crippen molar-refractivity contribution in [3.63, 3.8) is 0 Å². The number of furan rings is 1. The first-order valence-corrected chi connectivity index (χ1v) is 6.77. The number of para-hydroxylation sites is 1. The molecule has 0 saturated carbocycles. The van der Waals surface area contributed by atoms with E-state index in [2.05, 4.69) is 5.32 Å². The molecule has 0 radical (unpaired) electrons. The molecular formula is C17H15F2NO. The number of fused-ring (bicyclic) bond motifs is 1. The second-order valence-electron chi connectivity index (χ2n) is 4.97. The van der Waals surface area contributed by atoms with Crippen LogP contribution in [0.15, 0.2) is 46.9 Å². The number of nitrogens with one attached hydrogen (secondary N) is 1. The highest BCUT2D eigenvalue weighted by Crippen LogP contribution is 2.25. The Morgan fingerprint density at radius 1 is 1.05 bits per heavy atom. The van der Waals surface area contributed by atoms with Crippen molar-refractivity contribution in [3.05, 3.63) is 71.0 Å². The normalized spacial score (nSPS) is 11.2. The fraction of sp³-hybridized carbons (Fsp3) is 0.176. The summed E-state index contributed by atoms with van der Waals surface area (Å²) in [5, 5.41) is 4.23. The fourth-order valence-electron chi connectivity index (χ4n) is 2.43. The third-order valence-electron chi connectivity index (χ3n) is 3.53. The minimum absolute atomic E-state index is 0.338. The first-order valence-electron chi connectivity index (χ1n) is 6.77. The predicted molar refractivity (Wildman–Crippen MR) is 77.9 cm³/mol. The van der Waals surface area contributed by atoms with Crippen molar-refractivity contribution in [3.8, 4) is 0 Å². The van der Waals surface area contributed by atoms with Crippen molar-refractivity contribution in [1.82, 2.24) is 5.32 Å². The van der Waals surface area contributed by atoms with E-state index in [-0.39, 0.29) is 0 Å². The molecule has 0 aliphatic carbocycles. The Kier molecular flexibility index (Phi) is 3.71. The van der Waals surface area contributed by atoms with Gasteiger partial charge in [-0.1, -0.05) is 24.3 Å². The average molecular weight is 287 g/mol. The minimum Gasteiger partial charge on any atom is -0.461 e. The van der Waals surface area contributed by atoms with Crippen LogP contribution in [-0.4, -0.2) is 0 Å².